The Morgan fingerprint density at radius 3 is 2.65 bits per heavy atom. The molecule has 0 aliphatic carbocycles. The molecule has 2 aromatic rings. The van der Waals surface area contributed by atoms with Crippen LogP contribution in [0.2, 0.25) is 0 Å². The zero-order chi connectivity index (χ0) is 17.0. The van der Waals surface area contributed by atoms with Crippen LogP contribution in [0.1, 0.15) is 22.0 Å². The molecule has 1 aromatic carbocycles. The van der Waals surface area contributed by atoms with E-state index < -0.39 is 16.0 Å². The third kappa shape index (κ3) is 3.88. The van der Waals surface area contributed by atoms with Gasteiger partial charge in [0, 0.05) is 6.07 Å². The van der Waals surface area contributed by atoms with E-state index in [9.17, 15) is 13.2 Å². The lowest BCUT2D eigenvalue weighted by molar-refractivity contribution is 0.0597. The van der Waals surface area contributed by atoms with Crippen molar-refractivity contribution in [3.8, 4) is 5.75 Å². The first kappa shape index (κ1) is 17.0. The summed E-state index contributed by atoms with van der Waals surface area (Å²) in [5.41, 5.74) is 0.136. The average Bonchev–Trinajstić information content (AvgIpc) is 2.97. The van der Waals surface area contributed by atoms with Crippen molar-refractivity contribution in [2.75, 3.05) is 14.2 Å². The highest BCUT2D eigenvalue weighted by molar-refractivity contribution is 7.89. The van der Waals surface area contributed by atoms with Crippen molar-refractivity contribution in [2.45, 2.75) is 18.4 Å². The van der Waals surface area contributed by atoms with E-state index in [1.54, 1.807) is 6.92 Å². The number of hydrogen-bond acceptors (Lipinski definition) is 7. The fourth-order valence-corrected chi connectivity index (χ4v) is 2.83. The summed E-state index contributed by atoms with van der Waals surface area (Å²) in [5, 5.41) is 0. The Morgan fingerprint density at radius 1 is 1.35 bits per heavy atom. The van der Waals surface area contributed by atoms with Crippen LogP contribution in [0.25, 0.3) is 0 Å². The number of sulfonamides is 1. The van der Waals surface area contributed by atoms with E-state index in [1.165, 1.54) is 38.6 Å². The van der Waals surface area contributed by atoms with Crippen molar-refractivity contribution >= 4 is 16.0 Å². The normalized spacial score (nSPS) is 11.3. The summed E-state index contributed by atoms with van der Waals surface area (Å²) in [7, 11) is -1.25. The van der Waals surface area contributed by atoms with Gasteiger partial charge < -0.3 is 13.9 Å². The van der Waals surface area contributed by atoms with Gasteiger partial charge in [0.05, 0.1) is 31.9 Å². The van der Waals surface area contributed by atoms with E-state index in [0.717, 1.165) is 0 Å². The highest BCUT2D eigenvalue weighted by Gasteiger charge is 2.20. The van der Waals surface area contributed by atoms with Crippen LogP contribution in [0.3, 0.4) is 0 Å². The fourth-order valence-electron chi connectivity index (χ4n) is 1.84. The summed E-state index contributed by atoms with van der Waals surface area (Å²) in [4.78, 5) is 15.4. The second-order valence-corrected chi connectivity index (χ2v) is 6.31. The minimum absolute atomic E-state index is 0.0507. The number of aromatic nitrogens is 1. The Kier molecular flexibility index (Phi) is 5.02. The minimum atomic E-state index is -3.81. The van der Waals surface area contributed by atoms with Crippen molar-refractivity contribution < 1.29 is 27.1 Å². The van der Waals surface area contributed by atoms with Crippen molar-refractivity contribution in [3.63, 3.8) is 0 Å². The monoisotopic (exact) mass is 340 g/mol. The summed E-state index contributed by atoms with van der Waals surface area (Å²) >= 11 is 0. The number of oxazole rings is 1. The van der Waals surface area contributed by atoms with Gasteiger partial charge in [-0.1, -0.05) is 0 Å². The quantitative estimate of drug-likeness (QED) is 0.789. The number of esters is 1. The summed E-state index contributed by atoms with van der Waals surface area (Å²) in [6, 6.07) is 3.86. The van der Waals surface area contributed by atoms with E-state index in [-0.39, 0.29) is 28.6 Å². The summed E-state index contributed by atoms with van der Waals surface area (Å²) in [6.45, 7) is 1.62. The number of rotatable bonds is 6. The number of benzene rings is 1. The number of methoxy groups -OCH3 is 2. The Bertz CT molecular complexity index is 812. The maximum Gasteiger partial charge on any atom is 0.341 e. The van der Waals surface area contributed by atoms with E-state index in [2.05, 4.69) is 14.4 Å². The predicted octanol–water partition coefficient (Wildman–Crippen LogP) is 1.26. The molecule has 23 heavy (non-hydrogen) atoms. The van der Waals surface area contributed by atoms with Crippen LogP contribution < -0.4 is 9.46 Å². The van der Waals surface area contributed by atoms with E-state index in [0.29, 0.717) is 5.76 Å². The second-order valence-electron chi connectivity index (χ2n) is 4.54. The highest BCUT2D eigenvalue weighted by atomic mass is 32.2. The maximum atomic E-state index is 12.3. The van der Waals surface area contributed by atoms with Crippen LogP contribution >= 0.6 is 0 Å². The number of carbonyl (C=O) groups is 1. The molecule has 1 heterocycles. The van der Waals surface area contributed by atoms with Crippen molar-refractivity contribution in [1.82, 2.24) is 9.71 Å². The van der Waals surface area contributed by atoms with Crippen LogP contribution in [0.15, 0.2) is 33.7 Å². The first-order valence-corrected chi connectivity index (χ1v) is 8.03. The van der Waals surface area contributed by atoms with Crippen LogP contribution in [0.5, 0.6) is 5.75 Å². The number of nitrogens with zero attached hydrogens (tertiary/aromatic N) is 1. The zero-order valence-corrected chi connectivity index (χ0v) is 13.6. The molecule has 0 saturated carbocycles. The molecule has 0 saturated heterocycles. The number of hydrogen-bond donors (Lipinski definition) is 1. The van der Waals surface area contributed by atoms with Crippen molar-refractivity contribution in [2.24, 2.45) is 0 Å². The lowest BCUT2D eigenvalue weighted by Gasteiger charge is -2.10. The SMILES string of the molecule is COC(=O)c1ccc(S(=O)(=O)NCc2ncc(C)o2)cc1OC. The molecule has 0 aliphatic heterocycles. The second kappa shape index (κ2) is 6.80. The van der Waals surface area contributed by atoms with Crippen LogP contribution in [-0.4, -0.2) is 33.6 Å². The lowest BCUT2D eigenvalue weighted by Crippen LogP contribution is -2.23. The van der Waals surface area contributed by atoms with Gasteiger partial charge in [0.15, 0.2) is 0 Å². The van der Waals surface area contributed by atoms with Gasteiger partial charge in [0.2, 0.25) is 15.9 Å². The Balaban J connectivity index is 2.23. The first-order valence-electron chi connectivity index (χ1n) is 6.54. The van der Waals surface area contributed by atoms with E-state index in [1.807, 2.05) is 0 Å². The van der Waals surface area contributed by atoms with E-state index >= 15 is 0 Å². The molecule has 0 spiro atoms. The number of aryl methyl sites for hydroxylation is 1. The zero-order valence-electron chi connectivity index (χ0n) is 12.8. The third-order valence-corrected chi connectivity index (χ3v) is 4.37. The Labute approximate surface area is 133 Å². The Morgan fingerprint density at radius 2 is 2.09 bits per heavy atom. The molecule has 1 N–H and O–H groups in total. The van der Waals surface area contributed by atoms with Gasteiger partial charge >= 0.3 is 5.97 Å². The molecular weight excluding hydrogens is 324 g/mol. The summed E-state index contributed by atoms with van der Waals surface area (Å²) < 4.78 is 41.8. The molecule has 2 rings (SSSR count). The van der Waals surface area contributed by atoms with Gasteiger partial charge in [-0.2, -0.15) is 0 Å². The van der Waals surface area contributed by atoms with Crippen LogP contribution in [0.4, 0.5) is 0 Å². The molecule has 0 aliphatic rings. The molecule has 0 amide bonds. The minimum Gasteiger partial charge on any atom is -0.496 e. The largest absolute Gasteiger partial charge is 0.496 e. The highest BCUT2D eigenvalue weighted by Crippen LogP contribution is 2.23. The average molecular weight is 340 g/mol. The molecular formula is C14H16N2O6S. The topological polar surface area (TPSA) is 108 Å². The standard InChI is InChI=1S/C14H16N2O6S/c1-9-7-15-13(22-9)8-16-23(18,19)10-4-5-11(14(17)21-3)12(6-10)20-2/h4-7,16H,8H2,1-3H3. The van der Waals surface area contributed by atoms with Gasteiger partial charge in [-0.3, -0.25) is 0 Å². The molecule has 0 bridgehead atoms. The molecule has 0 radical (unpaired) electrons. The van der Waals surface area contributed by atoms with Crippen molar-refractivity contribution in [3.05, 3.63) is 41.6 Å². The molecule has 0 atom stereocenters. The van der Waals surface area contributed by atoms with Crippen molar-refractivity contribution in [1.29, 1.82) is 0 Å². The fraction of sp³-hybridized carbons (Fsp3) is 0.286. The summed E-state index contributed by atoms with van der Waals surface area (Å²) in [6.07, 6.45) is 1.50. The maximum absolute atomic E-state index is 12.3. The van der Waals surface area contributed by atoms with Gasteiger partial charge in [-0.05, 0) is 19.1 Å². The van der Waals surface area contributed by atoms with Crippen LogP contribution in [-0.2, 0) is 21.3 Å². The van der Waals surface area contributed by atoms with Gasteiger partial charge in [0.1, 0.15) is 17.1 Å². The molecule has 1 aromatic heterocycles. The molecule has 0 unspecified atom stereocenters. The molecule has 0 fully saturated rings. The van der Waals surface area contributed by atoms with E-state index in [4.69, 9.17) is 9.15 Å². The lowest BCUT2D eigenvalue weighted by atomic mass is 10.2. The Hall–Kier alpha value is -2.39. The van der Waals surface area contributed by atoms with Gasteiger partial charge in [-0.15, -0.1) is 0 Å². The molecule has 9 heteroatoms. The third-order valence-electron chi connectivity index (χ3n) is 2.97. The molecule has 124 valence electrons. The number of nitrogens with one attached hydrogen (secondary N) is 1. The first-order chi connectivity index (χ1) is 10.9. The smallest absolute Gasteiger partial charge is 0.341 e. The predicted molar refractivity (Wildman–Crippen MR) is 79.6 cm³/mol. The number of ether oxygens (including phenoxy) is 2. The summed E-state index contributed by atoms with van der Waals surface area (Å²) in [5.74, 6) is 0.327. The number of carbonyl (C=O) groups excluding carboxylic acids is 1. The van der Waals surface area contributed by atoms with Gasteiger partial charge in [0.25, 0.3) is 0 Å². The van der Waals surface area contributed by atoms with Crippen LogP contribution in [0, 0.1) is 6.92 Å². The van der Waals surface area contributed by atoms with Gasteiger partial charge in [-0.25, -0.2) is 22.9 Å². The molecule has 8 nitrogen and oxygen atoms in total.